The van der Waals surface area contributed by atoms with Gasteiger partial charge in [0.05, 0.1) is 0 Å². The highest BCUT2D eigenvalue weighted by molar-refractivity contribution is 5.90. The molecule has 0 saturated heterocycles. The molecule has 1 aromatic heterocycles. The van der Waals surface area contributed by atoms with Gasteiger partial charge < -0.3 is 9.84 Å². The number of nitrogens with zero attached hydrogens (tertiary/aromatic N) is 1. The van der Waals surface area contributed by atoms with Gasteiger partial charge in [-0.15, -0.1) is 0 Å². The molecule has 0 saturated carbocycles. The predicted octanol–water partition coefficient (Wildman–Crippen LogP) is 3.02. The molecule has 0 atom stereocenters. The number of hydrogen-bond donors (Lipinski definition) is 1. The largest absolute Gasteiger partial charge is 0.477 e. The topological polar surface area (TPSA) is 59.4 Å². The van der Waals surface area contributed by atoms with Crippen LogP contribution in [0.4, 0.5) is 4.39 Å². The maximum atomic E-state index is 13.3. The Morgan fingerprint density at radius 2 is 2.17 bits per heavy atom. The average molecular weight is 247 g/mol. The van der Waals surface area contributed by atoms with E-state index in [1.807, 2.05) is 0 Å². The number of halogens is 1. The minimum Gasteiger partial charge on any atom is -0.477 e. The quantitative estimate of drug-likeness (QED) is 0.905. The van der Waals surface area contributed by atoms with Crippen LogP contribution in [0.1, 0.15) is 15.9 Å². The fraction of sp³-hybridized carbons (Fsp3) is 0.0769. The van der Waals surface area contributed by atoms with Gasteiger partial charge in [0.1, 0.15) is 22.9 Å². The van der Waals surface area contributed by atoms with E-state index in [0.717, 1.165) is 0 Å². The molecule has 5 heteroatoms. The van der Waals surface area contributed by atoms with E-state index >= 15 is 0 Å². The fourth-order valence-electron chi connectivity index (χ4n) is 1.40. The zero-order valence-corrected chi connectivity index (χ0v) is 9.55. The third-order valence-corrected chi connectivity index (χ3v) is 2.38. The molecular formula is C13H10FNO3. The molecule has 4 nitrogen and oxygen atoms in total. The number of aromatic carboxylic acids is 1. The molecule has 0 spiro atoms. The van der Waals surface area contributed by atoms with Crippen LogP contribution >= 0.6 is 0 Å². The van der Waals surface area contributed by atoms with E-state index in [2.05, 4.69) is 4.98 Å². The van der Waals surface area contributed by atoms with Gasteiger partial charge >= 0.3 is 5.97 Å². The van der Waals surface area contributed by atoms with Gasteiger partial charge in [0.2, 0.25) is 0 Å². The van der Waals surface area contributed by atoms with Gasteiger partial charge in [0, 0.05) is 24.5 Å². The van der Waals surface area contributed by atoms with Crippen molar-refractivity contribution in [2.75, 3.05) is 0 Å². The smallest absolute Gasteiger partial charge is 0.341 e. The number of hydrogen-bond acceptors (Lipinski definition) is 3. The monoisotopic (exact) mass is 247 g/mol. The summed E-state index contributed by atoms with van der Waals surface area (Å²) >= 11 is 0. The van der Waals surface area contributed by atoms with Gasteiger partial charge in [-0.25, -0.2) is 9.18 Å². The van der Waals surface area contributed by atoms with Crippen molar-refractivity contribution in [2.24, 2.45) is 0 Å². The first kappa shape index (κ1) is 12.0. The first-order valence-electron chi connectivity index (χ1n) is 5.19. The number of carbonyl (C=O) groups is 1. The van der Waals surface area contributed by atoms with Gasteiger partial charge in [-0.2, -0.15) is 0 Å². The molecule has 0 fully saturated rings. The van der Waals surface area contributed by atoms with E-state index in [0.29, 0.717) is 5.56 Å². The summed E-state index contributed by atoms with van der Waals surface area (Å²) in [5.74, 6) is -1.18. The average Bonchev–Trinajstić information content (AvgIpc) is 2.34. The number of aryl methyl sites for hydroxylation is 1. The van der Waals surface area contributed by atoms with Crippen LogP contribution in [-0.2, 0) is 0 Å². The minimum absolute atomic E-state index is 0.0708. The Morgan fingerprint density at radius 1 is 1.39 bits per heavy atom. The Labute approximate surface area is 103 Å². The van der Waals surface area contributed by atoms with Crippen molar-refractivity contribution in [3.8, 4) is 11.5 Å². The van der Waals surface area contributed by atoms with Gasteiger partial charge in [-0.1, -0.05) is 6.07 Å². The lowest BCUT2D eigenvalue weighted by Gasteiger charge is -2.08. The SMILES string of the molecule is Cc1ccc(Oc2ccncc2C(=O)O)cc1F. The number of ether oxygens (including phenoxy) is 1. The molecule has 0 aliphatic carbocycles. The molecule has 0 aliphatic heterocycles. The third-order valence-electron chi connectivity index (χ3n) is 2.38. The zero-order valence-electron chi connectivity index (χ0n) is 9.55. The molecule has 92 valence electrons. The van der Waals surface area contributed by atoms with Crippen molar-refractivity contribution < 1.29 is 19.0 Å². The normalized spacial score (nSPS) is 10.1. The van der Waals surface area contributed by atoms with Crippen molar-refractivity contribution in [3.63, 3.8) is 0 Å². The molecule has 0 amide bonds. The highest BCUT2D eigenvalue weighted by Gasteiger charge is 2.12. The summed E-state index contributed by atoms with van der Waals surface area (Å²) in [5.41, 5.74) is 0.425. The molecule has 0 radical (unpaired) electrons. The molecule has 2 aromatic rings. The molecule has 18 heavy (non-hydrogen) atoms. The molecule has 0 aliphatic rings. The molecule has 1 heterocycles. The lowest BCUT2D eigenvalue weighted by atomic mass is 10.2. The molecule has 2 rings (SSSR count). The fourth-order valence-corrected chi connectivity index (χ4v) is 1.40. The number of rotatable bonds is 3. The second kappa shape index (κ2) is 4.83. The van der Waals surface area contributed by atoms with Crippen LogP contribution in [0, 0.1) is 12.7 Å². The summed E-state index contributed by atoms with van der Waals surface area (Å²) in [7, 11) is 0. The molecule has 1 aromatic carbocycles. The Bertz CT molecular complexity index is 599. The molecule has 0 unspecified atom stereocenters. The Kier molecular flexibility index (Phi) is 3.23. The molecular weight excluding hydrogens is 237 g/mol. The van der Waals surface area contributed by atoms with E-state index in [-0.39, 0.29) is 17.1 Å². The number of carboxylic acids is 1. The maximum Gasteiger partial charge on any atom is 0.341 e. The van der Waals surface area contributed by atoms with Crippen LogP contribution in [-0.4, -0.2) is 16.1 Å². The summed E-state index contributed by atoms with van der Waals surface area (Å²) in [6.07, 6.45) is 2.59. The second-order valence-electron chi connectivity index (χ2n) is 3.69. The van der Waals surface area contributed by atoms with Gasteiger partial charge in [0.15, 0.2) is 0 Å². The summed E-state index contributed by atoms with van der Waals surface area (Å²) in [4.78, 5) is 14.6. The van der Waals surface area contributed by atoms with Crippen molar-refractivity contribution in [1.82, 2.24) is 4.98 Å². The number of pyridine rings is 1. The van der Waals surface area contributed by atoms with Gasteiger partial charge in [-0.05, 0) is 18.6 Å². The van der Waals surface area contributed by atoms with Crippen molar-refractivity contribution in [2.45, 2.75) is 6.92 Å². The lowest BCUT2D eigenvalue weighted by Crippen LogP contribution is -2.00. The Morgan fingerprint density at radius 3 is 2.83 bits per heavy atom. The molecule has 1 N–H and O–H groups in total. The van der Waals surface area contributed by atoms with Crippen molar-refractivity contribution in [1.29, 1.82) is 0 Å². The highest BCUT2D eigenvalue weighted by Crippen LogP contribution is 2.25. The first-order valence-corrected chi connectivity index (χ1v) is 5.19. The van der Waals surface area contributed by atoms with E-state index < -0.39 is 11.8 Å². The zero-order chi connectivity index (χ0) is 13.1. The number of aromatic nitrogens is 1. The molecule has 0 bridgehead atoms. The van der Waals surface area contributed by atoms with Gasteiger partial charge in [0.25, 0.3) is 0 Å². The Balaban J connectivity index is 2.34. The van der Waals surface area contributed by atoms with Crippen LogP contribution in [0.2, 0.25) is 0 Å². The standard InChI is InChI=1S/C13H10FNO3/c1-8-2-3-9(6-11(8)14)18-12-4-5-15-7-10(12)13(16)17/h2-7H,1H3,(H,16,17). The Hall–Kier alpha value is -2.43. The van der Waals surface area contributed by atoms with E-state index in [1.54, 1.807) is 19.1 Å². The summed E-state index contributed by atoms with van der Waals surface area (Å²) in [6.45, 7) is 1.63. The third kappa shape index (κ3) is 2.45. The highest BCUT2D eigenvalue weighted by atomic mass is 19.1. The van der Waals surface area contributed by atoms with Crippen molar-refractivity contribution >= 4 is 5.97 Å². The van der Waals surface area contributed by atoms with Crippen LogP contribution < -0.4 is 4.74 Å². The van der Waals surface area contributed by atoms with Crippen LogP contribution in [0.25, 0.3) is 0 Å². The van der Waals surface area contributed by atoms with Crippen molar-refractivity contribution in [3.05, 3.63) is 53.6 Å². The second-order valence-corrected chi connectivity index (χ2v) is 3.69. The summed E-state index contributed by atoms with van der Waals surface area (Å²) < 4.78 is 18.7. The maximum absolute atomic E-state index is 13.3. The summed E-state index contributed by atoms with van der Waals surface area (Å²) in [5, 5.41) is 8.95. The predicted molar refractivity (Wildman–Crippen MR) is 62.4 cm³/mol. The minimum atomic E-state index is -1.15. The number of benzene rings is 1. The lowest BCUT2D eigenvalue weighted by molar-refractivity contribution is 0.0693. The van der Waals surface area contributed by atoms with E-state index in [9.17, 15) is 9.18 Å². The summed E-state index contributed by atoms with van der Waals surface area (Å²) in [6, 6.07) is 5.76. The first-order chi connectivity index (χ1) is 8.58. The van der Waals surface area contributed by atoms with Crippen LogP contribution in [0.15, 0.2) is 36.7 Å². The van der Waals surface area contributed by atoms with E-state index in [4.69, 9.17) is 9.84 Å². The van der Waals surface area contributed by atoms with Gasteiger partial charge in [-0.3, -0.25) is 4.98 Å². The van der Waals surface area contributed by atoms with E-state index in [1.165, 1.54) is 24.5 Å². The van der Waals surface area contributed by atoms with Crippen LogP contribution in [0.3, 0.4) is 0 Å². The number of carboxylic acid groups (broad SMARTS) is 1. The van der Waals surface area contributed by atoms with Crippen LogP contribution in [0.5, 0.6) is 11.5 Å².